The number of β-amino-alcohol motifs (C(OH)–C–C–N with tert-alkyl or cyclic N) is 1. The smallest absolute Gasteiger partial charge is 0.131 e. The first-order valence-corrected chi connectivity index (χ1v) is 9.88. The number of halogens is 1. The summed E-state index contributed by atoms with van der Waals surface area (Å²) in [6.07, 6.45) is 3.23. The van der Waals surface area contributed by atoms with E-state index in [0.29, 0.717) is 11.7 Å². The number of aliphatic hydroxyl groups is 1. The number of nitrogens with zero attached hydrogens (tertiary/aromatic N) is 4. The summed E-state index contributed by atoms with van der Waals surface area (Å²) in [5, 5.41) is 17.0. The highest BCUT2D eigenvalue weighted by atomic mass is 35.5. The van der Waals surface area contributed by atoms with E-state index in [0.717, 1.165) is 42.7 Å². The van der Waals surface area contributed by atoms with E-state index in [1.807, 2.05) is 31.4 Å². The Hall–Kier alpha value is -1.95. The lowest BCUT2D eigenvalue weighted by atomic mass is 9.94. The predicted octanol–water partition coefficient (Wildman–Crippen LogP) is 3.22. The fourth-order valence-electron chi connectivity index (χ4n) is 4.15. The number of aliphatic hydroxyl groups excluding tert-OH is 1. The Kier molecular flexibility index (Phi) is 5.17. The van der Waals surface area contributed by atoms with Gasteiger partial charge in [0, 0.05) is 49.7 Å². The van der Waals surface area contributed by atoms with Gasteiger partial charge < -0.3 is 5.11 Å². The maximum absolute atomic E-state index is 10.7. The minimum atomic E-state index is -0.336. The SMILES string of the molecule is CCc1nn(C)c(Cl)c1CN1C[C@@H](Cc2ccnc3ccccc23)[C@@H](O)C1. The fourth-order valence-corrected chi connectivity index (χ4v) is 4.36. The topological polar surface area (TPSA) is 54.2 Å². The molecule has 2 atom stereocenters. The van der Waals surface area contributed by atoms with Gasteiger partial charge in [-0.1, -0.05) is 36.7 Å². The zero-order valence-corrected chi connectivity index (χ0v) is 16.5. The van der Waals surface area contributed by atoms with Crippen LogP contribution in [0.1, 0.15) is 23.7 Å². The van der Waals surface area contributed by atoms with Crippen LogP contribution >= 0.6 is 11.6 Å². The number of para-hydroxylation sites is 1. The molecule has 1 aliphatic heterocycles. The van der Waals surface area contributed by atoms with E-state index in [-0.39, 0.29) is 12.0 Å². The van der Waals surface area contributed by atoms with Crippen molar-refractivity contribution in [2.24, 2.45) is 13.0 Å². The number of rotatable bonds is 5. The first kappa shape index (κ1) is 18.4. The summed E-state index contributed by atoms with van der Waals surface area (Å²) >= 11 is 6.44. The van der Waals surface area contributed by atoms with Crippen LogP contribution in [-0.2, 0) is 26.4 Å². The summed E-state index contributed by atoms with van der Waals surface area (Å²) in [5.74, 6) is 0.205. The molecule has 5 nitrogen and oxygen atoms in total. The zero-order valence-electron chi connectivity index (χ0n) is 15.8. The summed E-state index contributed by atoms with van der Waals surface area (Å²) < 4.78 is 1.74. The van der Waals surface area contributed by atoms with Gasteiger partial charge in [0.2, 0.25) is 0 Å². The Bertz CT molecular complexity index is 949. The highest BCUT2D eigenvalue weighted by Gasteiger charge is 2.32. The molecule has 0 bridgehead atoms. The fraction of sp³-hybridized carbons (Fsp3) is 0.429. The maximum atomic E-state index is 10.7. The molecule has 3 heterocycles. The second-order valence-electron chi connectivity index (χ2n) is 7.41. The molecule has 0 saturated carbocycles. The number of hydrogen-bond acceptors (Lipinski definition) is 4. The predicted molar refractivity (Wildman–Crippen MR) is 108 cm³/mol. The van der Waals surface area contributed by atoms with Crippen LogP contribution in [0.2, 0.25) is 5.15 Å². The van der Waals surface area contributed by atoms with Crippen LogP contribution in [0.5, 0.6) is 0 Å². The zero-order chi connectivity index (χ0) is 19.0. The molecule has 2 aromatic heterocycles. The first-order chi connectivity index (χ1) is 13.1. The Morgan fingerprint density at radius 1 is 1.22 bits per heavy atom. The van der Waals surface area contributed by atoms with Crippen LogP contribution < -0.4 is 0 Å². The molecule has 0 unspecified atom stereocenters. The van der Waals surface area contributed by atoms with Gasteiger partial charge in [0.1, 0.15) is 5.15 Å². The van der Waals surface area contributed by atoms with Crippen molar-refractivity contribution in [1.29, 1.82) is 0 Å². The summed E-state index contributed by atoms with van der Waals surface area (Å²) in [6.45, 7) is 4.35. The number of pyridine rings is 1. The molecule has 6 heteroatoms. The van der Waals surface area contributed by atoms with E-state index in [1.54, 1.807) is 4.68 Å². The van der Waals surface area contributed by atoms with E-state index in [9.17, 15) is 5.11 Å². The lowest BCUT2D eigenvalue weighted by Crippen LogP contribution is -2.22. The van der Waals surface area contributed by atoms with Gasteiger partial charge in [-0.2, -0.15) is 5.10 Å². The van der Waals surface area contributed by atoms with Gasteiger partial charge in [0.15, 0.2) is 0 Å². The second-order valence-corrected chi connectivity index (χ2v) is 7.76. The molecule has 1 saturated heterocycles. The molecular formula is C21H25ClN4O. The number of fused-ring (bicyclic) bond motifs is 1. The molecule has 0 aliphatic carbocycles. The van der Waals surface area contributed by atoms with E-state index in [4.69, 9.17) is 11.6 Å². The van der Waals surface area contributed by atoms with Crippen LogP contribution in [0.15, 0.2) is 36.5 Å². The van der Waals surface area contributed by atoms with Gasteiger partial charge in [-0.15, -0.1) is 0 Å². The minimum Gasteiger partial charge on any atom is -0.391 e. The van der Waals surface area contributed by atoms with Crippen molar-refractivity contribution in [1.82, 2.24) is 19.7 Å². The summed E-state index contributed by atoms with van der Waals surface area (Å²) in [6, 6.07) is 10.3. The molecule has 0 amide bonds. The van der Waals surface area contributed by atoms with Crippen molar-refractivity contribution in [3.63, 3.8) is 0 Å². The normalized spacial score (nSPS) is 20.6. The molecule has 1 N–H and O–H groups in total. The average Bonchev–Trinajstić information content (AvgIpc) is 3.16. The molecule has 3 aromatic rings. The van der Waals surface area contributed by atoms with Crippen LogP contribution in [0.4, 0.5) is 0 Å². The molecule has 0 spiro atoms. The van der Waals surface area contributed by atoms with Gasteiger partial charge in [-0.25, -0.2) is 0 Å². The Balaban J connectivity index is 1.50. The first-order valence-electron chi connectivity index (χ1n) is 9.50. The van der Waals surface area contributed by atoms with Crippen LogP contribution in [0.3, 0.4) is 0 Å². The van der Waals surface area contributed by atoms with E-state index >= 15 is 0 Å². The summed E-state index contributed by atoms with van der Waals surface area (Å²) in [7, 11) is 1.88. The van der Waals surface area contributed by atoms with Crippen molar-refractivity contribution in [3.05, 3.63) is 58.5 Å². The van der Waals surface area contributed by atoms with Crippen molar-refractivity contribution in [2.75, 3.05) is 13.1 Å². The van der Waals surface area contributed by atoms with E-state index < -0.39 is 0 Å². The molecule has 1 aromatic carbocycles. The number of benzene rings is 1. The summed E-state index contributed by atoms with van der Waals surface area (Å²) in [4.78, 5) is 6.73. The lowest BCUT2D eigenvalue weighted by Gasteiger charge is -2.16. The standard InChI is InChI=1S/C21H25ClN4O/c1-3-18-17(21(22)25(2)24-18)12-26-11-15(20(27)13-26)10-14-8-9-23-19-7-5-4-6-16(14)19/h4-9,15,20,27H,3,10-13H2,1-2H3/t15-,20+/m1/s1. The third kappa shape index (κ3) is 3.59. The van der Waals surface area contributed by atoms with Gasteiger partial charge in [-0.05, 0) is 30.5 Å². The number of hydrogen-bond donors (Lipinski definition) is 1. The monoisotopic (exact) mass is 384 g/mol. The number of aryl methyl sites for hydroxylation is 2. The van der Waals surface area contributed by atoms with E-state index in [2.05, 4.69) is 34.0 Å². The average molecular weight is 385 g/mol. The summed E-state index contributed by atoms with van der Waals surface area (Å²) in [5.41, 5.74) is 4.39. The second kappa shape index (κ2) is 7.58. The number of likely N-dealkylation sites (tertiary alicyclic amines) is 1. The largest absolute Gasteiger partial charge is 0.391 e. The Morgan fingerprint density at radius 2 is 2.04 bits per heavy atom. The lowest BCUT2D eigenvalue weighted by molar-refractivity contribution is 0.141. The molecule has 142 valence electrons. The van der Waals surface area contributed by atoms with Gasteiger partial charge in [-0.3, -0.25) is 14.6 Å². The molecule has 4 rings (SSSR count). The molecule has 1 aliphatic rings. The Labute approximate surface area is 164 Å². The number of aromatic nitrogens is 3. The van der Waals surface area contributed by atoms with Gasteiger partial charge >= 0.3 is 0 Å². The highest BCUT2D eigenvalue weighted by molar-refractivity contribution is 6.30. The van der Waals surface area contributed by atoms with E-state index in [1.165, 1.54) is 10.9 Å². The molecule has 0 radical (unpaired) electrons. The third-order valence-electron chi connectivity index (χ3n) is 5.57. The molecule has 27 heavy (non-hydrogen) atoms. The van der Waals surface area contributed by atoms with Crippen LogP contribution in [-0.4, -0.2) is 44.0 Å². The minimum absolute atomic E-state index is 0.205. The van der Waals surface area contributed by atoms with Crippen molar-refractivity contribution in [3.8, 4) is 0 Å². The van der Waals surface area contributed by atoms with Gasteiger partial charge in [0.05, 0.1) is 17.3 Å². The highest BCUT2D eigenvalue weighted by Crippen LogP contribution is 2.28. The van der Waals surface area contributed by atoms with Crippen molar-refractivity contribution in [2.45, 2.75) is 32.4 Å². The van der Waals surface area contributed by atoms with Crippen molar-refractivity contribution >= 4 is 22.5 Å². The van der Waals surface area contributed by atoms with Crippen LogP contribution in [0.25, 0.3) is 10.9 Å². The maximum Gasteiger partial charge on any atom is 0.131 e. The third-order valence-corrected chi connectivity index (χ3v) is 6.05. The molecular weight excluding hydrogens is 360 g/mol. The van der Waals surface area contributed by atoms with Crippen LogP contribution in [0, 0.1) is 5.92 Å². The quantitative estimate of drug-likeness (QED) is 0.733. The Morgan fingerprint density at radius 3 is 2.85 bits per heavy atom. The molecule has 1 fully saturated rings. The van der Waals surface area contributed by atoms with Crippen molar-refractivity contribution < 1.29 is 5.11 Å². The van der Waals surface area contributed by atoms with Gasteiger partial charge in [0.25, 0.3) is 0 Å².